The summed E-state index contributed by atoms with van der Waals surface area (Å²) in [5, 5.41) is 17.5. The van der Waals surface area contributed by atoms with E-state index >= 15 is 0 Å². The molecule has 2 atom stereocenters. The number of β-lactam (4-membered cyclic amide) rings is 1. The number of nitrogens with two attached hydrogens (primary N) is 1. The van der Waals surface area contributed by atoms with Crippen LogP contribution in [0.4, 0.5) is 0 Å². The molecular weight excluding hydrogens is 360 g/mol. The molecule has 0 saturated carbocycles. The van der Waals surface area contributed by atoms with Gasteiger partial charge in [-0.2, -0.15) is 0 Å². The number of carboxylic acids is 1. The number of carboxylic acid groups (broad SMARTS) is 1. The van der Waals surface area contributed by atoms with Gasteiger partial charge in [0, 0.05) is 0 Å². The lowest BCUT2D eigenvalue weighted by atomic mass is 10.00. The van der Waals surface area contributed by atoms with E-state index in [1.54, 1.807) is 0 Å². The highest BCUT2D eigenvalue weighted by Crippen LogP contribution is 2.36. The summed E-state index contributed by atoms with van der Waals surface area (Å²) < 4.78 is 5.17. The van der Waals surface area contributed by atoms with E-state index < -0.39 is 18.2 Å². The van der Waals surface area contributed by atoms with E-state index in [0.29, 0.717) is 0 Å². The fraction of sp³-hybridized carbons (Fsp3) is 0.238. The first-order valence-corrected chi connectivity index (χ1v) is 8.90. The number of hydrogen-bond acceptors (Lipinski definition) is 5. The van der Waals surface area contributed by atoms with Crippen molar-refractivity contribution in [2.45, 2.75) is 24.7 Å². The molecule has 7 nitrogen and oxygen atoms in total. The molecule has 4 N–H and O–H groups in total. The lowest BCUT2D eigenvalue weighted by molar-refractivity contribution is -0.163. The molecule has 2 heterocycles. The number of carbonyl (C=O) groups excluding carboxylic acids is 1. The second-order valence-electron chi connectivity index (χ2n) is 6.41. The molecule has 0 bridgehead atoms. The van der Waals surface area contributed by atoms with E-state index in [-0.39, 0.29) is 30.7 Å². The normalized spacial score (nSPS) is 21.5. The summed E-state index contributed by atoms with van der Waals surface area (Å²) in [5.74, 6) is -1.22. The lowest BCUT2D eigenvalue weighted by Crippen LogP contribution is -2.54. The molecule has 0 spiro atoms. The summed E-state index contributed by atoms with van der Waals surface area (Å²) in [4.78, 5) is 23.1. The van der Waals surface area contributed by atoms with Crippen LogP contribution in [0.15, 0.2) is 72.5 Å². The zero-order valence-electron chi connectivity index (χ0n) is 15.1. The van der Waals surface area contributed by atoms with Crippen molar-refractivity contribution in [1.82, 2.24) is 4.90 Å². The van der Waals surface area contributed by atoms with Gasteiger partial charge in [-0.15, -0.1) is 0 Å². The van der Waals surface area contributed by atoms with Crippen LogP contribution < -0.4 is 5.73 Å². The topological polar surface area (TPSA) is 113 Å². The van der Waals surface area contributed by atoms with Crippen molar-refractivity contribution >= 4 is 11.9 Å². The summed E-state index contributed by atoms with van der Waals surface area (Å²) in [6, 6.07) is 19.2. The van der Waals surface area contributed by atoms with Gasteiger partial charge in [0.1, 0.15) is 5.76 Å². The number of hydrogen-bond donors (Lipinski definition) is 3. The van der Waals surface area contributed by atoms with Gasteiger partial charge in [-0.25, -0.2) is 4.79 Å². The van der Waals surface area contributed by atoms with Gasteiger partial charge >= 0.3 is 5.97 Å². The number of aliphatic carboxylic acids is 1. The van der Waals surface area contributed by atoms with Crippen molar-refractivity contribution in [3.05, 3.63) is 83.6 Å². The first-order valence-electron chi connectivity index (χ1n) is 8.90. The molecule has 0 radical (unpaired) electrons. The van der Waals surface area contributed by atoms with Crippen LogP contribution in [0.5, 0.6) is 0 Å². The molecule has 0 unspecified atom stereocenters. The van der Waals surface area contributed by atoms with Crippen LogP contribution in [-0.4, -0.2) is 45.9 Å². The number of benzene rings is 2. The Morgan fingerprint density at radius 1 is 1.14 bits per heavy atom. The van der Waals surface area contributed by atoms with E-state index in [4.69, 9.17) is 20.7 Å². The smallest absolute Gasteiger partial charge is 0.334 e. The van der Waals surface area contributed by atoms with E-state index in [2.05, 4.69) is 24.3 Å². The predicted molar refractivity (Wildman–Crippen MR) is 102 cm³/mol. The summed E-state index contributed by atoms with van der Waals surface area (Å²) in [5.41, 5.74) is 8.42. The van der Waals surface area contributed by atoms with Crippen LogP contribution in [0, 0.1) is 0 Å². The molecule has 2 aliphatic heterocycles. The molecule has 4 rings (SSSR count). The number of carbonyl (C=O) groups is 2. The highest BCUT2D eigenvalue weighted by atomic mass is 16.5. The van der Waals surface area contributed by atoms with Crippen LogP contribution in [0.3, 0.4) is 0 Å². The third-order valence-corrected chi connectivity index (χ3v) is 4.61. The molecule has 2 aromatic carbocycles. The number of fused-ring (bicyclic) bond motifs is 1. The van der Waals surface area contributed by atoms with E-state index in [1.807, 2.05) is 36.4 Å². The molecule has 28 heavy (non-hydrogen) atoms. The molecule has 0 aliphatic carbocycles. The first kappa shape index (κ1) is 19.6. The van der Waals surface area contributed by atoms with Gasteiger partial charge in [-0.1, -0.05) is 60.7 Å². The summed E-state index contributed by atoms with van der Waals surface area (Å²) in [7, 11) is 0. The van der Waals surface area contributed by atoms with Crippen molar-refractivity contribution in [2.24, 2.45) is 5.73 Å². The van der Waals surface area contributed by atoms with Crippen molar-refractivity contribution in [2.75, 3.05) is 6.61 Å². The molecule has 2 saturated heterocycles. The monoisotopic (exact) mass is 382 g/mol. The Labute approximate surface area is 162 Å². The van der Waals surface area contributed by atoms with Crippen molar-refractivity contribution < 1.29 is 24.5 Å². The largest absolute Gasteiger partial charge is 0.479 e. The fourth-order valence-electron chi connectivity index (χ4n) is 3.17. The molecule has 2 aliphatic rings. The maximum Gasteiger partial charge on any atom is 0.334 e. The minimum atomic E-state index is -1.14. The van der Waals surface area contributed by atoms with E-state index in [0.717, 1.165) is 11.1 Å². The maximum absolute atomic E-state index is 11.1. The Kier molecular flexibility index (Phi) is 6.08. The second-order valence-corrected chi connectivity index (χ2v) is 6.41. The molecule has 0 aromatic heterocycles. The van der Waals surface area contributed by atoms with Crippen LogP contribution in [0.25, 0.3) is 0 Å². The highest BCUT2D eigenvalue weighted by Gasteiger charge is 2.53. The third kappa shape index (κ3) is 4.05. The molecule has 2 aromatic rings. The SMILES string of the molecule is NC(c1ccccc1)c1ccccc1.O=C(O)[C@H]1/C(=C/CO)O[C@@H]2CC(=O)N21. The second kappa shape index (κ2) is 8.69. The average Bonchev–Trinajstić information content (AvgIpc) is 3.02. The van der Waals surface area contributed by atoms with Crippen LogP contribution in [0.1, 0.15) is 23.6 Å². The predicted octanol–water partition coefficient (Wildman–Crippen LogP) is 1.64. The number of amides is 1. The minimum Gasteiger partial charge on any atom is -0.479 e. The summed E-state index contributed by atoms with van der Waals surface area (Å²) in [6.07, 6.45) is 1.03. The van der Waals surface area contributed by atoms with Gasteiger partial charge in [0.2, 0.25) is 5.91 Å². The van der Waals surface area contributed by atoms with Gasteiger partial charge in [0.15, 0.2) is 12.3 Å². The molecule has 7 heteroatoms. The summed E-state index contributed by atoms with van der Waals surface area (Å²) in [6.45, 7) is -0.298. The Balaban J connectivity index is 0.000000161. The number of ether oxygens (including phenoxy) is 1. The van der Waals surface area contributed by atoms with Gasteiger partial charge in [-0.3, -0.25) is 9.69 Å². The lowest BCUT2D eigenvalue weighted by Gasteiger charge is -2.33. The number of aliphatic hydroxyl groups excluding tert-OH is 1. The standard InChI is InChI=1S/C13H13N.C8H9NO5/c14-13(11-7-3-1-4-8-11)12-9-5-2-6-10-12;10-2-1-4-7(8(12)13)9-5(11)3-6(9)14-4/h1-10,13H,14H2;1,6-7,10H,2-3H2,(H,12,13)/b;4-1-/t;6-,7-/m.1/s1. The quantitative estimate of drug-likeness (QED) is 0.693. The maximum atomic E-state index is 11.1. The van der Waals surface area contributed by atoms with Crippen LogP contribution in [-0.2, 0) is 14.3 Å². The van der Waals surface area contributed by atoms with Crippen LogP contribution in [0.2, 0.25) is 0 Å². The zero-order chi connectivity index (χ0) is 20.1. The fourth-order valence-corrected chi connectivity index (χ4v) is 3.17. The number of nitrogens with zero attached hydrogens (tertiary/aromatic N) is 1. The molecule has 2 fully saturated rings. The van der Waals surface area contributed by atoms with Gasteiger partial charge < -0.3 is 20.7 Å². The van der Waals surface area contributed by atoms with Crippen molar-refractivity contribution in [1.29, 1.82) is 0 Å². The molecule has 146 valence electrons. The Morgan fingerprint density at radius 2 is 1.68 bits per heavy atom. The van der Waals surface area contributed by atoms with Crippen LogP contribution >= 0.6 is 0 Å². The Bertz CT molecular complexity index is 814. The van der Waals surface area contributed by atoms with Gasteiger partial charge in [0.25, 0.3) is 0 Å². The Morgan fingerprint density at radius 3 is 2.11 bits per heavy atom. The van der Waals surface area contributed by atoms with E-state index in [9.17, 15) is 9.59 Å². The van der Waals surface area contributed by atoms with Crippen molar-refractivity contribution in [3.8, 4) is 0 Å². The number of rotatable bonds is 4. The van der Waals surface area contributed by atoms with Gasteiger partial charge in [-0.05, 0) is 17.2 Å². The zero-order valence-corrected chi connectivity index (χ0v) is 15.1. The summed E-state index contributed by atoms with van der Waals surface area (Å²) >= 11 is 0. The Hall–Kier alpha value is -3.16. The van der Waals surface area contributed by atoms with E-state index in [1.165, 1.54) is 11.0 Å². The van der Waals surface area contributed by atoms with Gasteiger partial charge in [0.05, 0.1) is 19.1 Å². The molecular formula is C21H22N2O5. The number of aliphatic hydroxyl groups is 1. The molecule has 1 amide bonds. The first-order chi connectivity index (χ1) is 13.5. The minimum absolute atomic E-state index is 0.0163. The average molecular weight is 382 g/mol. The third-order valence-electron chi connectivity index (χ3n) is 4.61. The highest BCUT2D eigenvalue weighted by molar-refractivity contribution is 5.91. The van der Waals surface area contributed by atoms with Crippen molar-refractivity contribution in [3.63, 3.8) is 0 Å².